The van der Waals surface area contributed by atoms with Crippen molar-refractivity contribution in [2.45, 2.75) is 0 Å². The molecular weight excluding hydrogens is 279 g/mol. The summed E-state index contributed by atoms with van der Waals surface area (Å²) in [6, 6.07) is 11.4. The summed E-state index contributed by atoms with van der Waals surface area (Å²) in [7, 11) is 0. The maximum atomic E-state index is 13.5. The smallest absolute Gasteiger partial charge is 0.198 e. The summed E-state index contributed by atoms with van der Waals surface area (Å²) in [5, 5.41) is 11.2. The van der Waals surface area contributed by atoms with Gasteiger partial charge in [0.25, 0.3) is 0 Å². The second-order valence-corrected chi connectivity index (χ2v) is 4.72. The van der Waals surface area contributed by atoms with Crippen molar-refractivity contribution in [3.8, 4) is 5.88 Å². The fraction of sp³-hybridized carbons (Fsp3) is 0. The molecule has 1 aromatic heterocycles. The summed E-state index contributed by atoms with van der Waals surface area (Å²) in [6.45, 7) is 0. The van der Waals surface area contributed by atoms with E-state index >= 15 is 0 Å². The topological polar surface area (TPSA) is 48.4 Å². The lowest BCUT2D eigenvalue weighted by Gasteiger charge is -1.96. The summed E-state index contributed by atoms with van der Waals surface area (Å²) >= 11 is 5.94. The third kappa shape index (κ3) is 2.26. The van der Waals surface area contributed by atoms with Crippen molar-refractivity contribution in [3.05, 3.63) is 58.9 Å². The molecule has 0 unspecified atom stereocenters. The highest BCUT2D eigenvalue weighted by Gasteiger charge is 2.09. The molecule has 100 valence electrons. The summed E-state index contributed by atoms with van der Waals surface area (Å²) in [4.78, 5) is 6.88. The average molecular weight is 289 g/mol. The molecule has 0 aliphatic carbocycles. The van der Waals surface area contributed by atoms with Crippen LogP contribution in [0.25, 0.3) is 10.9 Å². The van der Waals surface area contributed by atoms with Gasteiger partial charge in [0.2, 0.25) is 0 Å². The number of hydrogen-bond acceptors (Lipinski definition) is 2. The Hall–Kier alpha value is -2.33. The van der Waals surface area contributed by atoms with Gasteiger partial charge in [-0.1, -0.05) is 23.7 Å². The predicted octanol–water partition coefficient (Wildman–Crippen LogP) is 4.42. The van der Waals surface area contributed by atoms with Crippen LogP contribution in [-0.2, 0) is 0 Å². The standard InChI is InChI=1S/C15H10ClFN2O/c16-9-5-6-13-10(7-9)11(15(20)19-13)8-18-14-4-2-1-3-12(14)17/h1-8,19-20H. The van der Waals surface area contributed by atoms with E-state index in [1.807, 2.05) is 0 Å². The molecule has 0 saturated carbocycles. The fourth-order valence-corrected chi connectivity index (χ4v) is 2.16. The molecule has 0 saturated heterocycles. The number of aliphatic imine (C=N–C) groups is 1. The van der Waals surface area contributed by atoms with E-state index in [9.17, 15) is 9.50 Å². The zero-order valence-corrected chi connectivity index (χ0v) is 11.0. The Labute approximate surface area is 119 Å². The summed E-state index contributed by atoms with van der Waals surface area (Å²) in [5.41, 5.74) is 1.43. The molecule has 2 aromatic carbocycles. The van der Waals surface area contributed by atoms with Crippen LogP contribution in [0, 0.1) is 5.82 Å². The van der Waals surface area contributed by atoms with Gasteiger partial charge in [0, 0.05) is 22.1 Å². The summed E-state index contributed by atoms with van der Waals surface area (Å²) < 4.78 is 13.5. The van der Waals surface area contributed by atoms with Crippen molar-refractivity contribution in [1.29, 1.82) is 0 Å². The second-order valence-electron chi connectivity index (χ2n) is 4.29. The Kier molecular flexibility index (Phi) is 3.16. The van der Waals surface area contributed by atoms with Crippen LogP contribution in [0.3, 0.4) is 0 Å². The first-order chi connectivity index (χ1) is 9.65. The SMILES string of the molecule is Oc1[nH]c2ccc(Cl)cc2c1C=Nc1ccccc1F. The number of para-hydroxylation sites is 1. The van der Waals surface area contributed by atoms with Gasteiger partial charge in [-0.25, -0.2) is 4.39 Å². The minimum absolute atomic E-state index is 0.0256. The van der Waals surface area contributed by atoms with Crippen LogP contribution in [-0.4, -0.2) is 16.3 Å². The van der Waals surface area contributed by atoms with Gasteiger partial charge in [-0.05, 0) is 30.3 Å². The van der Waals surface area contributed by atoms with Crippen LogP contribution in [0.2, 0.25) is 5.02 Å². The Morgan fingerprint density at radius 2 is 2.00 bits per heavy atom. The van der Waals surface area contributed by atoms with Gasteiger partial charge < -0.3 is 10.1 Å². The number of benzene rings is 2. The minimum atomic E-state index is -0.416. The molecule has 3 aromatic rings. The zero-order chi connectivity index (χ0) is 14.1. The number of nitrogens with zero attached hydrogens (tertiary/aromatic N) is 1. The molecule has 0 atom stereocenters. The Balaban J connectivity index is 2.09. The molecule has 5 heteroatoms. The van der Waals surface area contributed by atoms with E-state index < -0.39 is 5.82 Å². The molecular formula is C15H10ClFN2O. The number of fused-ring (bicyclic) bond motifs is 1. The number of nitrogens with one attached hydrogen (secondary N) is 1. The molecule has 3 nitrogen and oxygen atoms in total. The number of aromatic hydroxyl groups is 1. The van der Waals surface area contributed by atoms with E-state index in [1.54, 1.807) is 36.4 Å². The number of H-pyrrole nitrogens is 1. The van der Waals surface area contributed by atoms with Crippen LogP contribution in [0.15, 0.2) is 47.5 Å². The lowest BCUT2D eigenvalue weighted by molar-refractivity contribution is 0.457. The summed E-state index contributed by atoms with van der Waals surface area (Å²) in [5.74, 6) is -0.441. The number of hydrogen-bond donors (Lipinski definition) is 2. The van der Waals surface area contributed by atoms with Crippen LogP contribution in [0.5, 0.6) is 5.88 Å². The van der Waals surface area contributed by atoms with Gasteiger partial charge in [0.1, 0.15) is 5.82 Å². The molecule has 0 spiro atoms. The molecule has 0 bridgehead atoms. The Morgan fingerprint density at radius 1 is 1.20 bits per heavy atom. The van der Waals surface area contributed by atoms with Gasteiger partial charge in [-0.2, -0.15) is 0 Å². The first-order valence-electron chi connectivity index (χ1n) is 5.94. The van der Waals surface area contributed by atoms with Crippen molar-refractivity contribution in [1.82, 2.24) is 4.98 Å². The third-order valence-electron chi connectivity index (χ3n) is 2.97. The van der Waals surface area contributed by atoms with Crippen LogP contribution in [0.4, 0.5) is 10.1 Å². The monoisotopic (exact) mass is 288 g/mol. The van der Waals surface area contributed by atoms with Crippen molar-refractivity contribution in [3.63, 3.8) is 0 Å². The number of rotatable bonds is 2. The average Bonchev–Trinajstić information content (AvgIpc) is 2.73. The second kappa shape index (κ2) is 4.98. The molecule has 0 radical (unpaired) electrons. The Morgan fingerprint density at radius 3 is 2.80 bits per heavy atom. The summed E-state index contributed by atoms with van der Waals surface area (Å²) in [6.07, 6.45) is 1.42. The van der Waals surface area contributed by atoms with E-state index in [2.05, 4.69) is 9.98 Å². The molecule has 3 rings (SSSR count). The molecule has 0 aliphatic heterocycles. The highest BCUT2D eigenvalue weighted by Crippen LogP contribution is 2.28. The van der Waals surface area contributed by atoms with Crippen molar-refractivity contribution in [2.24, 2.45) is 4.99 Å². The first kappa shape index (κ1) is 12.7. The molecule has 20 heavy (non-hydrogen) atoms. The molecule has 0 fully saturated rings. The van der Waals surface area contributed by atoms with Crippen molar-refractivity contribution < 1.29 is 9.50 Å². The van der Waals surface area contributed by atoms with Crippen LogP contribution in [0.1, 0.15) is 5.56 Å². The van der Waals surface area contributed by atoms with Gasteiger partial charge in [0.15, 0.2) is 5.88 Å². The molecule has 0 aliphatic rings. The lowest BCUT2D eigenvalue weighted by Crippen LogP contribution is -1.81. The van der Waals surface area contributed by atoms with E-state index in [4.69, 9.17) is 11.6 Å². The molecule has 2 N–H and O–H groups in total. The third-order valence-corrected chi connectivity index (χ3v) is 3.20. The largest absolute Gasteiger partial charge is 0.494 e. The van der Waals surface area contributed by atoms with E-state index in [-0.39, 0.29) is 11.6 Å². The molecule has 1 heterocycles. The van der Waals surface area contributed by atoms with Crippen molar-refractivity contribution >= 4 is 34.4 Å². The van der Waals surface area contributed by atoms with Gasteiger partial charge in [0.05, 0.1) is 11.3 Å². The highest BCUT2D eigenvalue weighted by atomic mass is 35.5. The normalized spacial score (nSPS) is 11.5. The zero-order valence-electron chi connectivity index (χ0n) is 10.3. The van der Waals surface area contributed by atoms with E-state index in [1.165, 1.54) is 12.3 Å². The van der Waals surface area contributed by atoms with Gasteiger partial charge in [-0.3, -0.25) is 4.99 Å². The van der Waals surface area contributed by atoms with E-state index in [0.717, 1.165) is 10.9 Å². The van der Waals surface area contributed by atoms with Crippen molar-refractivity contribution in [2.75, 3.05) is 0 Å². The Bertz CT molecular complexity index is 811. The maximum Gasteiger partial charge on any atom is 0.198 e. The maximum absolute atomic E-state index is 13.5. The quantitative estimate of drug-likeness (QED) is 0.674. The fourth-order valence-electron chi connectivity index (χ4n) is 1.99. The highest BCUT2D eigenvalue weighted by molar-refractivity contribution is 6.31. The van der Waals surface area contributed by atoms with E-state index in [0.29, 0.717) is 10.6 Å². The number of halogens is 2. The molecule has 0 amide bonds. The van der Waals surface area contributed by atoms with Gasteiger partial charge >= 0.3 is 0 Å². The van der Waals surface area contributed by atoms with Crippen LogP contribution >= 0.6 is 11.6 Å². The minimum Gasteiger partial charge on any atom is -0.494 e. The predicted molar refractivity (Wildman–Crippen MR) is 78.6 cm³/mol. The van der Waals surface area contributed by atoms with Crippen LogP contribution < -0.4 is 0 Å². The number of aromatic nitrogens is 1. The van der Waals surface area contributed by atoms with Gasteiger partial charge in [-0.15, -0.1) is 0 Å². The number of aromatic amines is 1. The lowest BCUT2D eigenvalue weighted by atomic mass is 10.2. The first-order valence-corrected chi connectivity index (χ1v) is 6.32.